The van der Waals surface area contributed by atoms with Crippen molar-refractivity contribution < 1.29 is 14.3 Å². The van der Waals surface area contributed by atoms with Gasteiger partial charge in [-0.1, -0.05) is 18.2 Å². The summed E-state index contributed by atoms with van der Waals surface area (Å²) >= 11 is 0. The van der Waals surface area contributed by atoms with Crippen molar-refractivity contribution in [1.82, 2.24) is 10.2 Å². The van der Waals surface area contributed by atoms with Crippen LogP contribution >= 0.6 is 0 Å². The Hall–Kier alpha value is -2.08. The van der Waals surface area contributed by atoms with E-state index in [9.17, 15) is 9.59 Å². The molecule has 0 aromatic heterocycles. The van der Waals surface area contributed by atoms with Crippen molar-refractivity contribution in [2.45, 2.75) is 51.5 Å². The first-order valence-corrected chi connectivity index (χ1v) is 12.5. The smallest absolute Gasteiger partial charge is 0.248 e. The molecule has 5 fully saturated rings. The Bertz CT molecular complexity index is 784. The average Bonchev–Trinajstić information content (AvgIpc) is 2.79. The standard InChI is InChI=1S/C26H37N3O3/c1-19(26-14-20-11-21(15-26)13-22(12-20)16-26)27-24(30)17-32-18-25(31)29-9-7-28(8-10-29)23-5-3-2-4-6-23/h2-6,19-22H,7-18H2,1H3,(H,27,30)/t19-,20?,21?,22?,26?/m1/s1. The molecule has 2 amide bonds. The number of anilines is 1. The Morgan fingerprint density at radius 2 is 1.56 bits per heavy atom. The molecule has 6 rings (SSSR count). The number of carbonyl (C=O) groups is 2. The van der Waals surface area contributed by atoms with Crippen LogP contribution in [0.15, 0.2) is 30.3 Å². The Kier molecular flexibility index (Phi) is 6.15. The number of hydrogen-bond donors (Lipinski definition) is 1. The highest BCUT2D eigenvalue weighted by Gasteiger charge is 2.53. The van der Waals surface area contributed by atoms with Crippen LogP contribution in [0.3, 0.4) is 0 Å². The molecule has 6 heteroatoms. The minimum absolute atomic E-state index is 0.0233. The van der Waals surface area contributed by atoms with Gasteiger partial charge in [-0.3, -0.25) is 9.59 Å². The first kappa shape index (κ1) is 21.7. The van der Waals surface area contributed by atoms with E-state index in [2.05, 4.69) is 29.3 Å². The van der Waals surface area contributed by atoms with Gasteiger partial charge in [0.2, 0.25) is 11.8 Å². The third-order valence-corrected chi connectivity index (χ3v) is 8.59. The Labute approximate surface area is 191 Å². The largest absolute Gasteiger partial charge is 0.368 e. The highest BCUT2D eigenvalue weighted by atomic mass is 16.5. The second kappa shape index (κ2) is 9.05. The number of benzene rings is 1. The summed E-state index contributed by atoms with van der Waals surface area (Å²) in [5.74, 6) is 2.50. The fraction of sp³-hybridized carbons (Fsp3) is 0.692. The van der Waals surface area contributed by atoms with E-state index in [1.54, 1.807) is 0 Å². The predicted molar refractivity (Wildman–Crippen MR) is 124 cm³/mol. The van der Waals surface area contributed by atoms with Gasteiger partial charge in [-0.15, -0.1) is 0 Å². The first-order chi connectivity index (χ1) is 15.5. The fourth-order valence-corrected chi connectivity index (χ4v) is 7.32. The molecule has 32 heavy (non-hydrogen) atoms. The van der Waals surface area contributed by atoms with Gasteiger partial charge >= 0.3 is 0 Å². The van der Waals surface area contributed by atoms with Gasteiger partial charge in [-0.05, 0) is 80.8 Å². The molecule has 5 aliphatic rings. The number of ether oxygens (including phenoxy) is 1. The van der Waals surface area contributed by atoms with Gasteiger partial charge in [0.05, 0.1) is 0 Å². The van der Waals surface area contributed by atoms with E-state index >= 15 is 0 Å². The van der Waals surface area contributed by atoms with Crippen molar-refractivity contribution >= 4 is 17.5 Å². The van der Waals surface area contributed by atoms with E-state index < -0.39 is 0 Å². The minimum Gasteiger partial charge on any atom is -0.368 e. The molecular formula is C26H37N3O3. The predicted octanol–water partition coefficient (Wildman–Crippen LogP) is 3.07. The number of nitrogens with one attached hydrogen (secondary N) is 1. The minimum atomic E-state index is -0.0880. The topological polar surface area (TPSA) is 61.9 Å². The van der Waals surface area contributed by atoms with E-state index in [1.807, 2.05) is 23.1 Å². The van der Waals surface area contributed by atoms with Crippen molar-refractivity contribution in [3.63, 3.8) is 0 Å². The summed E-state index contributed by atoms with van der Waals surface area (Å²) in [7, 11) is 0. The molecule has 174 valence electrons. The number of hydrogen-bond acceptors (Lipinski definition) is 4. The van der Waals surface area contributed by atoms with Crippen molar-refractivity contribution in [2.75, 3.05) is 44.3 Å². The zero-order valence-electron chi connectivity index (χ0n) is 19.3. The third kappa shape index (κ3) is 4.52. The van der Waals surface area contributed by atoms with Gasteiger partial charge < -0.3 is 19.9 Å². The van der Waals surface area contributed by atoms with Crippen LogP contribution in [-0.4, -0.2) is 62.1 Å². The molecule has 4 aliphatic carbocycles. The number of amides is 2. The van der Waals surface area contributed by atoms with Gasteiger partial charge in [0.1, 0.15) is 13.2 Å². The molecule has 1 aliphatic heterocycles. The molecule has 0 radical (unpaired) electrons. The maximum atomic E-state index is 12.5. The number of carbonyl (C=O) groups excluding carboxylic acids is 2. The highest BCUT2D eigenvalue weighted by Crippen LogP contribution is 2.61. The fourth-order valence-electron chi connectivity index (χ4n) is 7.32. The van der Waals surface area contributed by atoms with Crippen LogP contribution in [0.5, 0.6) is 0 Å². The number of rotatable bonds is 7. The molecule has 1 saturated heterocycles. The van der Waals surface area contributed by atoms with Crippen molar-refractivity contribution in [2.24, 2.45) is 23.2 Å². The number of para-hydroxylation sites is 1. The lowest BCUT2D eigenvalue weighted by Gasteiger charge is -2.59. The van der Waals surface area contributed by atoms with Gasteiger partial charge in [0.15, 0.2) is 0 Å². The summed E-state index contributed by atoms with van der Waals surface area (Å²) in [5.41, 5.74) is 1.49. The molecule has 1 N–H and O–H groups in total. The SMILES string of the molecule is C[C@@H](NC(=O)COCC(=O)N1CCN(c2ccccc2)CC1)C12CC3CC(CC(C3)C1)C2. The maximum Gasteiger partial charge on any atom is 0.248 e. The van der Waals surface area contributed by atoms with Crippen molar-refractivity contribution in [1.29, 1.82) is 0 Å². The van der Waals surface area contributed by atoms with Crippen LogP contribution in [0.1, 0.15) is 45.4 Å². The normalized spacial score (nSPS) is 32.1. The first-order valence-electron chi connectivity index (χ1n) is 12.5. The van der Waals surface area contributed by atoms with Crippen molar-refractivity contribution in [3.05, 3.63) is 30.3 Å². The Morgan fingerprint density at radius 1 is 0.969 bits per heavy atom. The lowest BCUT2D eigenvalue weighted by Crippen LogP contribution is -2.56. The maximum absolute atomic E-state index is 12.5. The monoisotopic (exact) mass is 439 g/mol. The lowest BCUT2D eigenvalue weighted by molar-refractivity contribution is -0.139. The van der Waals surface area contributed by atoms with Crippen molar-refractivity contribution in [3.8, 4) is 0 Å². The second-order valence-corrected chi connectivity index (χ2v) is 10.8. The summed E-state index contributed by atoms with van der Waals surface area (Å²) in [6.45, 7) is 5.13. The second-order valence-electron chi connectivity index (χ2n) is 10.8. The molecule has 1 aromatic carbocycles. The number of nitrogens with zero attached hydrogens (tertiary/aromatic N) is 2. The zero-order valence-corrected chi connectivity index (χ0v) is 19.3. The number of piperazine rings is 1. The molecule has 0 unspecified atom stereocenters. The van der Waals surface area contributed by atoms with Crippen LogP contribution in [0.4, 0.5) is 5.69 Å². The lowest BCUT2D eigenvalue weighted by atomic mass is 9.48. The van der Waals surface area contributed by atoms with Gasteiger partial charge in [-0.25, -0.2) is 0 Å². The van der Waals surface area contributed by atoms with Crippen LogP contribution in [0, 0.1) is 23.2 Å². The molecule has 1 atom stereocenters. The molecule has 0 spiro atoms. The molecule has 4 bridgehead atoms. The highest BCUT2D eigenvalue weighted by molar-refractivity contribution is 5.80. The Morgan fingerprint density at radius 3 is 2.16 bits per heavy atom. The van der Waals surface area contributed by atoms with Crippen LogP contribution < -0.4 is 10.2 Å². The molecule has 1 heterocycles. The van der Waals surface area contributed by atoms with E-state index in [4.69, 9.17) is 4.74 Å². The zero-order chi connectivity index (χ0) is 22.1. The van der Waals surface area contributed by atoms with E-state index in [1.165, 1.54) is 44.2 Å². The van der Waals surface area contributed by atoms with E-state index in [0.717, 1.165) is 30.8 Å². The van der Waals surface area contributed by atoms with Crippen LogP contribution in [-0.2, 0) is 14.3 Å². The van der Waals surface area contributed by atoms with E-state index in [0.29, 0.717) is 18.5 Å². The third-order valence-electron chi connectivity index (χ3n) is 8.59. The summed E-state index contributed by atoms with van der Waals surface area (Å²) in [6.07, 6.45) is 8.04. The summed E-state index contributed by atoms with van der Waals surface area (Å²) < 4.78 is 5.52. The summed E-state index contributed by atoms with van der Waals surface area (Å²) in [4.78, 5) is 29.2. The van der Waals surface area contributed by atoms with E-state index in [-0.39, 0.29) is 31.1 Å². The van der Waals surface area contributed by atoms with Gasteiger partial charge in [-0.2, -0.15) is 0 Å². The molecule has 1 aromatic rings. The average molecular weight is 440 g/mol. The molecule has 4 saturated carbocycles. The quantitative estimate of drug-likeness (QED) is 0.709. The summed E-state index contributed by atoms with van der Waals surface area (Å²) in [6, 6.07) is 10.5. The molecular weight excluding hydrogens is 402 g/mol. The Balaban J connectivity index is 1.03. The summed E-state index contributed by atoms with van der Waals surface area (Å²) in [5, 5.41) is 3.22. The van der Waals surface area contributed by atoms with Crippen LogP contribution in [0.25, 0.3) is 0 Å². The van der Waals surface area contributed by atoms with Crippen LogP contribution in [0.2, 0.25) is 0 Å². The van der Waals surface area contributed by atoms with Gasteiger partial charge in [0, 0.05) is 37.9 Å². The van der Waals surface area contributed by atoms with Gasteiger partial charge in [0.25, 0.3) is 0 Å². The molecule has 6 nitrogen and oxygen atoms in total.